The lowest BCUT2D eigenvalue weighted by Crippen LogP contribution is -2.16. The minimum atomic E-state index is -0.167. The fourth-order valence-corrected chi connectivity index (χ4v) is 2.28. The lowest BCUT2D eigenvalue weighted by Gasteiger charge is -2.08. The van der Waals surface area contributed by atoms with E-state index >= 15 is 0 Å². The van der Waals surface area contributed by atoms with Gasteiger partial charge in [-0.15, -0.1) is 0 Å². The van der Waals surface area contributed by atoms with Crippen LogP contribution in [0.3, 0.4) is 0 Å². The van der Waals surface area contributed by atoms with E-state index in [0.717, 1.165) is 11.4 Å². The van der Waals surface area contributed by atoms with Gasteiger partial charge in [-0.25, -0.2) is 4.98 Å². The first-order valence-electron chi connectivity index (χ1n) is 7.67. The fraction of sp³-hybridized carbons (Fsp3) is 0.158. The van der Waals surface area contributed by atoms with Crippen LogP contribution >= 0.6 is 0 Å². The van der Waals surface area contributed by atoms with Gasteiger partial charge >= 0.3 is 0 Å². The van der Waals surface area contributed by atoms with Gasteiger partial charge in [0.05, 0.1) is 11.9 Å². The molecule has 1 N–H and O–H groups in total. The van der Waals surface area contributed by atoms with Gasteiger partial charge in [0.1, 0.15) is 11.4 Å². The molecule has 0 radical (unpaired) electrons. The molecular formula is C19H19N3O2. The number of ether oxygens (including phenoxy) is 1. The van der Waals surface area contributed by atoms with Crippen LogP contribution in [0.15, 0.2) is 54.7 Å². The molecule has 0 aliphatic carbocycles. The first-order chi connectivity index (χ1) is 11.5. The molecule has 0 bridgehead atoms. The average Bonchev–Trinajstić information content (AvgIpc) is 2.91. The van der Waals surface area contributed by atoms with E-state index in [2.05, 4.69) is 10.3 Å². The lowest BCUT2D eigenvalue weighted by molar-refractivity contribution is 0.101. The quantitative estimate of drug-likeness (QED) is 0.787. The van der Waals surface area contributed by atoms with Gasteiger partial charge < -0.3 is 14.6 Å². The Morgan fingerprint density at radius 1 is 1.04 bits per heavy atom. The van der Waals surface area contributed by atoms with Crippen molar-refractivity contribution in [1.82, 2.24) is 9.55 Å². The Balaban J connectivity index is 1.67. The van der Waals surface area contributed by atoms with Crippen LogP contribution in [0, 0.1) is 13.8 Å². The standard InChI is InChI=1S/C19H19N3O2/c1-13-4-8-16(9-5-13)24-18-11-7-15(12-20-18)21-19(23)17-10-6-14(2)22(17)3/h4-12H,1-3H3,(H,21,23). The highest BCUT2D eigenvalue weighted by Gasteiger charge is 2.11. The largest absolute Gasteiger partial charge is 0.439 e. The average molecular weight is 321 g/mol. The molecule has 5 heteroatoms. The number of nitrogens with one attached hydrogen (secondary N) is 1. The highest BCUT2D eigenvalue weighted by molar-refractivity contribution is 6.03. The molecule has 1 amide bonds. The molecular weight excluding hydrogens is 302 g/mol. The second-order valence-electron chi connectivity index (χ2n) is 5.67. The third-order valence-electron chi connectivity index (χ3n) is 3.84. The molecule has 0 saturated carbocycles. The predicted molar refractivity (Wildman–Crippen MR) is 93.6 cm³/mol. The number of hydrogen-bond donors (Lipinski definition) is 1. The molecule has 24 heavy (non-hydrogen) atoms. The van der Waals surface area contributed by atoms with Crippen molar-refractivity contribution in [3.05, 3.63) is 71.7 Å². The fourth-order valence-electron chi connectivity index (χ4n) is 2.28. The van der Waals surface area contributed by atoms with E-state index in [0.29, 0.717) is 17.3 Å². The second kappa shape index (κ2) is 6.58. The number of rotatable bonds is 4. The van der Waals surface area contributed by atoms with Crippen LogP contribution in [0.1, 0.15) is 21.7 Å². The van der Waals surface area contributed by atoms with Crippen molar-refractivity contribution in [2.45, 2.75) is 13.8 Å². The summed E-state index contributed by atoms with van der Waals surface area (Å²) in [6, 6.07) is 14.9. The van der Waals surface area contributed by atoms with Gasteiger partial charge in [-0.3, -0.25) is 4.79 Å². The van der Waals surface area contributed by atoms with Crippen LogP contribution in [-0.4, -0.2) is 15.5 Å². The Hall–Kier alpha value is -3.08. The zero-order chi connectivity index (χ0) is 17.1. The zero-order valence-corrected chi connectivity index (χ0v) is 13.9. The van der Waals surface area contributed by atoms with Crippen LogP contribution in [0.25, 0.3) is 0 Å². The first kappa shape index (κ1) is 15.8. The van der Waals surface area contributed by atoms with Gasteiger partial charge in [0.25, 0.3) is 5.91 Å². The molecule has 5 nitrogen and oxygen atoms in total. The van der Waals surface area contributed by atoms with E-state index < -0.39 is 0 Å². The Morgan fingerprint density at radius 2 is 1.79 bits per heavy atom. The number of aryl methyl sites for hydroxylation is 2. The normalized spacial score (nSPS) is 10.5. The number of benzene rings is 1. The van der Waals surface area contributed by atoms with Crippen LogP contribution in [0.4, 0.5) is 5.69 Å². The van der Waals surface area contributed by atoms with Crippen molar-refractivity contribution in [1.29, 1.82) is 0 Å². The van der Waals surface area contributed by atoms with Crippen molar-refractivity contribution in [2.24, 2.45) is 7.05 Å². The number of carbonyl (C=O) groups excluding carboxylic acids is 1. The molecule has 0 fully saturated rings. The molecule has 0 atom stereocenters. The van der Waals surface area contributed by atoms with E-state index in [9.17, 15) is 4.79 Å². The molecule has 0 aliphatic rings. The van der Waals surface area contributed by atoms with Gasteiger partial charge in [-0.1, -0.05) is 17.7 Å². The smallest absolute Gasteiger partial charge is 0.272 e. The van der Waals surface area contributed by atoms with Gasteiger partial charge in [-0.2, -0.15) is 0 Å². The third kappa shape index (κ3) is 3.46. The molecule has 0 aliphatic heterocycles. The van der Waals surface area contributed by atoms with E-state index in [4.69, 9.17) is 4.74 Å². The molecule has 2 heterocycles. The van der Waals surface area contributed by atoms with Gasteiger partial charge in [0.2, 0.25) is 5.88 Å². The minimum Gasteiger partial charge on any atom is -0.439 e. The van der Waals surface area contributed by atoms with Crippen molar-refractivity contribution in [2.75, 3.05) is 5.32 Å². The van der Waals surface area contributed by atoms with Crippen LogP contribution in [-0.2, 0) is 7.05 Å². The number of aromatic nitrogens is 2. The number of hydrogen-bond acceptors (Lipinski definition) is 3. The first-order valence-corrected chi connectivity index (χ1v) is 7.67. The number of anilines is 1. The van der Waals surface area contributed by atoms with Gasteiger partial charge in [0.15, 0.2) is 0 Å². The Bertz CT molecular complexity index is 849. The Kier molecular flexibility index (Phi) is 4.33. The lowest BCUT2D eigenvalue weighted by atomic mass is 10.2. The molecule has 0 spiro atoms. The number of nitrogens with zero attached hydrogens (tertiary/aromatic N) is 2. The summed E-state index contributed by atoms with van der Waals surface area (Å²) in [5.74, 6) is 1.04. The zero-order valence-electron chi connectivity index (χ0n) is 13.9. The molecule has 3 aromatic rings. The molecule has 122 valence electrons. The summed E-state index contributed by atoms with van der Waals surface area (Å²) in [5.41, 5.74) is 3.42. The van der Waals surface area contributed by atoms with E-state index in [1.54, 1.807) is 24.4 Å². The third-order valence-corrected chi connectivity index (χ3v) is 3.84. The Morgan fingerprint density at radius 3 is 2.38 bits per heavy atom. The minimum absolute atomic E-state index is 0.167. The molecule has 0 saturated heterocycles. The van der Waals surface area contributed by atoms with E-state index in [-0.39, 0.29) is 5.91 Å². The monoisotopic (exact) mass is 321 g/mol. The maximum atomic E-state index is 12.3. The number of carbonyl (C=O) groups is 1. The summed E-state index contributed by atoms with van der Waals surface area (Å²) >= 11 is 0. The summed E-state index contributed by atoms with van der Waals surface area (Å²) in [6.07, 6.45) is 1.58. The van der Waals surface area contributed by atoms with E-state index in [1.165, 1.54) is 5.56 Å². The summed E-state index contributed by atoms with van der Waals surface area (Å²) < 4.78 is 7.52. The molecule has 2 aromatic heterocycles. The summed E-state index contributed by atoms with van der Waals surface area (Å²) in [5, 5.41) is 2.83. The second-order valence-corrected chi connectivity index (χ2v) is 5.67. The number of pyridine rings is 1. The highest BCUT2D eigenvalue weighted by Crippen LogP contribution is 2.21. The van der Waals surface area contributed by atoms with Crippen LogP contribution < -0.4 is 10.1 Å². The SMILES string of the molecule is Cc1ccc(Oc2ccc(NC(=O)c3ccc(C)n3C)cn2)cc1. The highest BCUT2D eigenvalue weighted by atomic mass is 16.5. The molecule has 3 rings (SSSR count). The Labute approximate surface area is 140 Å². The number of amides is 1. The van der Waals surface area contributed by atoms with Crippen molar-refractivity contribution in [3.63, 3.8) is 0 Å². The van der Waals surface area contributed by atoms with Gasteiger partial charge in [-0.05, 0) is 44.2 Å². The molecule has 1 aromatic carbocycles. The topological polar surface area (TPSA) is 56.1 Å². The summed E-state index contributed by atoms with van der Waals surface area (Å²) in [4.78, 5) is 16.5. The maximum absolute atomic E-state index is 12.3. The van der Waals surface area contributed by atoms with Crippen LogP contribution in [0.2, 0.25) is 0 Å². The van der Waals surface area contributed by atoms with E-state index in [1.807, 2.05) is 55.8 Å². The molecule has 0 unspecified atom stereocenters. The van der Waals surface area contributed by atoms with Gasteiger partial charge in [0, 0.05) is 18.8 Å². The summed E-state index contributed by atoms with van der Waals surface area (Å²) in [7, 11) is 1.86. The van der Waals surface area contributed by atoms with Crippen molar-refractivity contribution in [3.8, 4) is 11.6 Å². The van der Waals surface area contributed by atoms with Crippen molar-refractivity contribution < 1.29 is 9.53 Å². The predicted octanol–water partition coefficient (Wildman–Crippen LogP) is 4.08. The van der Waals surface area contributed by atoms with Crippen molar-refractivity contribution >= 4 is 11.6 Å². The summed E-state index contributed by atoms with van der Waals surface area (Å²) in [6.45, 7) is 3.98. The van der Waals surface area contributed by atoms with Crippen LogP contribution in [0.5, 0.6) is 11.6 Å². The maximum Gasteiger partial charge on any atom is 0.272 e.